The highest BCUT2D eigenvalue weighted by atomic mass is 16.6. The summed E-state index contributed by atoms with van der Waals surface area (Å²) in [6.45, 7) is 6.96. The lowest BCUT2D eigenvalue weighted by Gasteiger charge is -2.27. The van der Waals surface area contributed by atoms with Gasteiger partial charge in [-0.3, -0.25) is 4.79 Å². The van der Waals surface area contributed by atoms with Crippen molar-refractivity contribution in [2.75, 3.05) is 13.1 Å². The number of carbonyl (C=O) groups excluding carboxylic acids is 2. The van der Waals surface area contributed by atoms with Gasteiger partial charge in [-0.2, -0.15) is 0 Å². The minimum atomic E-state index is -0.649. The third-order valence-corrected chi connectivity index (χ3v) is 3.68. The van der Waals surface area contributed by atoms with Crippen molar-refractivity contribution in [2.24, 2.45) is 0 Å². The van der Waals surface area contributed by atoms with Crippen LogP contribution in [0.2, 0.25) is 0 Å². The van der Waals surface area contributed by atoms with Gasteiger partial charge in [0, 0.05) is 13.1 Å². The fourth-order valence-electron chi connectivity index (χ4n) is 2.68. The van der Waals surface area contributed by atoms with Crippen LogP contribution in [0.25, 0.3) is 0 Å². The summed E-state index contributed by atoms with van der Waals surface area (Å²) in [5.74, 6) is -0.0406. The lowest BCUT2D eigenvalue weighted by atomic mass is 9.99. The Morgan fingerprint density at radius 2 is 1.91 bits per heavy atom. The first-order chi connectivity index (χ1) is 10.4. The van der Waals surface area contributed by atoms with E-state index in [4.69, 9.17) is 4.74 Å². The number of nitrogens with one attached hydrogen (secondary N) is 1. The zero-order chi connectivity index (χ0) is 16.2. The summed E-state index contributed by atoms with van der Waals surface area (Å²) in [5, 5.41) is 2.75. The second kappa shape index (κ2) is 6.99. The molecule has 122 valence electrons. The SMILES string of the molecule is CC(C)(C)OC(=O)N[C@@H](C(=O)N1CCCC1)C1=CCCC=C1. The van der Waals surface area contributed by atoms with Crippen molar-refractivity contribution in [2.45, 2.75) is 58.1 Å². The smallest absolute Gasteiger partial charge is 0.408 e. The molecule has 2 amide bonds. The first-order valence-corrected chi connectivity index (χ1v) is 8.02. The predicted molar refractivity (Wildman–Crippen MR) is 85.4 cm³/mol. The molecule has 2 rings (SSSR count). The van der Waals surface area contributed by atoms with Crippen molar-refractivity contribution in [3.63, 3.8) is 0 Å². The molecule has 5 nitrogen and oxygen atoms in total. The molecule has 1 N–H and O–H groups in total. The van der Waals surface area contributed by atoms with E-state index in [2.05, 4.69) is 5.32 Å². The number of ether oxygens (including phenoxy) is 1. The van der Waals surface area contributed by atoms with E-state index in [-0.39, 0.29) is 5.91 Å². The van der Waals surface area contributed by atoms with E-state index in [0.717, 1.165) is 44.3 Å². The van der Waals surface area contributed by atoms with Crippen LogP contribution in [0.3, 0.4) is 0 Å². The Hall–Kier alpha value is -1.78. The lowest BCUT2D eigenvalue weighted by molar-refractivity contribution is -0.131. The van der Waals surface area contributed by atoms with Crippen molar-refractivity contribution >= 4 is 12.0 Å². The van der Waals surface area contributed by atoms with Gasteiger partial charge in [0.1, 0.15) is 11.6 Å². The molecule has 0 aromatic carbocycles. The Kier molecular flexibility index (Phi) is 5.27. The molecule has 0 radical (unpaired) electrons. The van der Waals surface area contributed by atoms with Crippen molar-refractivity contribution in [3.05, 3.63) is 23.8 Å². The quantitative estimate of drug-likeness (QED) is 0.872. The minimum absolute atomic E-state index is 0.0406. The molecule has 0 bridgehead atoms. The number of hydrogen-bond donors (Lipinski definition) is 1. The maximum Gasteiger partial charge on any atom is 0.408 e. The average molecular weight is 306 g/mol. The first kappa shape index (κ1) is 16.6. The zero-order valence-electron chi connectivity index (χ0n) is 13.7. The van der Waals surface area contributed by atoms with E-state index < -0.39 is 17.7 Å². The van der Waals surface area contributed by atoms with Gasteiger partial charge in [0.15, 0.2) is 0 Å². The normalized spacial score (nSPS) is 19.6. The highest BCUT2D eigenvalue weighted by Crippen LogP contribution is 2.18. The Bertz CT molecular complexity index is 483. The maximum absolute atomic E-state index is 12.7. The Morgan fingerprint density at radius 3 is 2.45 bits per heavy atom. The van der Waals surface area contributed by atoms with Gasteiger partial charge in [-0.1, -0.05) is 18.2 Å². The van der Waals surface area contributed by atoms with Crippen molar-refractivity contribution in [1.29, 1.82) is 0 Å². The van der Waals surface area contributed by atoms with E-state index in [1.165, 1.54) is 0 Å². The Balaban J connectivity index is 2.10. The van der Waals surface area contributed by atoms with Gasteiger partial charge >= 0.3 is 6.09 Å². The molecular weight excluding hydrogens is 280 g/mol. The number of nitrogens with zero attached hydrogens (tertiary/aromatic N) is 1. The molecule has 5 heteroatoms. The highest BCUT2D eigenvalue weighted by Gasteiger charge is 2.31. The van der Waals surface area contributed by atoms with Crippen LogP contribution in [0, 0.1) is 0 Å². The van der Waals surface area contributed by atoms with Crippen molar-refractivity contribution in [3.8, 4) is 0 Å². The summed E-state index contributed by atoms with van der Waals surface area (Å²) in [7, 11) is 0. The molecule has 0 spiro atoms. The van der Waals surface area contributed by atoms with E-state index in [0.29, 0.717) is 0 Å². The minimum Gasteiger partial charge on any atom is -0.444 e. The molecule has 1 aliphatic carbocycles. The number of carbonyl (C=O) groups is 2. The predicted octanol–water partition coefficient (Wildman–Crippen LogP) is 2.78. The number of alkyl carbamates (subject to hydrolysis) is 1. The fraction of sp³-hybridized carbons (Fsp3) is 0.647. The van der Waals surface area contributed by atoms with E-state index in [9.17, 15) is 9.59 Å². The van der Waals surface area contributed by atoms with Gasteiger partial charge in [0.2, 0.25) is 5.91 Å². The summed E-state index contributed by atoms with van der Waals surface area (Å²) in [5.41, 5.74) is 0.274. The van der Waals surface area contributed by atoms with Gasteiger partial charge in [0.05, 0.1) is 0 Å². The number of rotatable bonds is 3. The Labute approximate surface area is 132 Å². The molecule has 1 atom stereocenters. The molecule has 0 saturated carbocycles. The summed E-state index contributed by atoms with van der Waals surface area (Å²) in [4.78, 5) is 26.6. The van der Waals surface area contributed by atoms with Crippen LogP contribution < -0.4 is 5.32 Å². The average Bonchev–Trinajstić information content (AvgIpc) is 2.97. The first-order valence-electron chi connectivity index (χ1n) is 8.02. The summed E-state index contributed by atoms with van der Waals surface area (Å²) in [6, 6.07) is -0.649. The number of likely N-dealkylation sites (tertiary alicyclic amines) is 1. The number of amides is 2. The van der Waals surface area contributed by atoms with Crippen LogP contribution in [-0.4, -0.2) is 41.6 Å². The largest absolute Gasteiger partial charge is 0.444 e. The van der Waals surface area contributed by atoms with Crippen molar-refractivity contribution in [1.82, 2.24) is 10.2 Å². The van der Waals surface area contributed by atoms with Crippen LogP contribution in [0.1, 0.15) is 46.5 Å². The molecule has 0 unspecified atom stereocenters. The van der Waals surface area contributed by atoms with Crippen LogP contribution in [0.15, 0.2) is 23.8 Å². The van der Waals surface area contributed by atoms with Gasteiger partial charge in [-0.25, -0.2) is 4.79 Å². The third kappa shape index (κ3) is 4.61. The standard InChI is InChI=1S/C17H26N2O3/c1-17(2,3)22-16(21)18-14(13-9-5-4-6-10-13)15(20)19-11-7-8-12-19/h5,9-10,14H,4,6-8,11-12H2,1-3H3,(H,18,21)/t14-/m1/s1. The molecule has 0 aromatic heterocycles. The second-order valence-corrected chi connectivity index (χ2v) is 6.80. The van der Waals surface area contributed by atoms with Crippen LogP contribution >= 0.6 is 0 Å². The lowest BCUT2D eigenvalue weighted by Crippen LogP contribution is -2.49. The monoisotopic (exact) mass is 306 g/mol. The zero-order valence-corrected chi connectivity index (χ0v) is 13.7. The third-order valence-electron chi connectivity index (χ3n) is 3.68. The van der Waals surface area contributed by atoms with Gasteiger partial charge in [-0.15, -0.1) is 0 Å². The second-order valence-electron chi connectivity index (χ2n) is 6.80. The van der Waals surface area contributed by atoms with Gasteiger partial charge in [0.25, 0.3) is 0 Å². The molecule has 2 aliphatic rings. The summed E-state index contributed by atoms with van der Waals surface area (Å²) < 4.78 is 5.30. The van der Waals surface area contributed by atoms with Crippen molar-refractivity contribution < 1.29 is 14.3 Å². The number of hydrogen-bond acceptors (Lipinski definition) is 3. The van der Waals surface area contributed by atoms with E-state index >= 15 is 0 Å². The molecular formula is C17H26N2O3. The Morgan fingerprint density at radius 1 is 1.23 bits per heavy atom. The summed E-state index contributed by atoms with van der Waals surface area (Å²) >= 11 is 0. The molecule has 1 aliphatic heterocycles. The molecule has 22 heavy (non-hydrogen) atoms. The summed E-state index contributed by atoms with van der Waals surface area (Å²) in [6.07, 6.45) is 9.36. The van der Waals surface area contributed by atoms with Gasteiger partial charge in [-0.05, 0) is 52.0 Å². The topological polar surface area (TPSA) is 58.6 Å². The fourth-order valence-corrected chi connectivity index (χ4v) is 2.68. The molecule has 1 saturated heterocycles. The van der Waals surface area contributed by atoms with Crippen LogP contribution in [0.4, 0.5) is 4.79 Å². The highest BCUT2D eigenvalue weighted by molar-refractivity contribution is 5.89. The van der Waals surface area contributed by atoms with Crippen LogP contribution in [0.5, 0.6) is 0 Å². The molecule has 1 heterocycles. The molecule has 0 aromatic rings. The maximum atomic E-state index is 12.7. The van der Waals surface area contributed by atoms with E-state index in [1.54, 1.807) is 0 Å². The van der Waals surface area contributed by atoms with Crippen LogP contribution in [-0.2, 0) is 9.53 Å². The molecule has 1 fully saturated rings. The number of allylic oxidation sites excluding steroid dienone is 2. The van der Waals surface area contributed by atoms with E-state index in [1.807, 2.05) is 43.9 Å². The van der Waals surface area contributed by atoms with Gasteiger partial charge < -0.3 is 15.0 Å².